The van der Waals surface area contributed by atoms with Crippen LogP contribution in [-0.2, 0) is 14.3 Å². The summed E-state index contributed by atoms with van der Waals surface area (Å²) >= 11 is 1.32. The van der Waals surface area contributed by atoms with Gasteiger partial charge in [0.05, 0.1) is 5.56 Å². The van der Waals surface area contributed by atoms with Crippen molar-refractivity contribution in [1.29, 1.82) is 0 Å². The number of thiophene rings is 1. The van der Waals surface area contributed by atoms with Gasteiger partial charge in [-0.1, -0.05) is 11.6 Å². The summed E-state index contributed by atoms with van der Waals surface area (Å²) in [6, 6.07) is 0. The predicted octanol–water partition coefficient (Wildman–Crippen LogP) is 3.88. The number of allylic oxidation sites excluding steroid dienone is 1. The van der Waals surface area contributed by atoms with Crippen molar-refractivity contribution in [3.05, 3.63) is 27.7 Å². The molecule has 1 atom stereocenters. The van der Waals surface area contributed by atoms with Crippen molar-refractivity contribution < 1.29 is 19.1 Å². The smallest absolute Gasteiger partial charge is 0.342 e. The fourth-order valence-electron chi connectivity index (χ4n) is 3.02. The molecule has 0 unspecified atom stereocenters. The summed E-state index contributed by atoms with van der Waals surface area (Å²) in [4.78, 5) is 37.1. The zero-order valence-electron chi connectivity index (χ0n) is 16.4. The fourth-order valence-corrected chi connectivity index (χ4v) is 4.11. The number of nitrogens with one attached hydrogen (secondary N) is 2. The molecule has 1 heterocycles. The number of hydrogen-bond donors (Lipinski definition) is 2. The molecule has 0 bridgehead atoms. The average Bonchev–Trinajstić information content (AvgIpc) is 2.88. The van der Waals surface area contributed by atoms with Crippen LogP contribution in [0.15, 0.2) is 11.6 Å². The summed E-state index contributed by atoms with van der Waals surface area (Å²) in [5, 5.41) is 5.95. The Balaban J connectivity index is 1.91. The Morgan fingerprint density at radius 2 is 2.00 bits per heavy atom. The van der Waals surface area contributed by atoms with Crippen molar-refractivity contribution in [2.75, 3.05) is 11.9 Å². The second kappa shape index (κ2) is 9.69. The molecule has 2 N–H and O–H groups in total. The van der Waals surface area contributed by atoms with Gasteiger partial charge in [0.25, 0.3) is 5.91 Å². The molecule has 1 aliphatic carbocycles. The lowest BCUT2D eigenvalue weighted by molar-refractivity contribution is -0.129. The van der Waals surface area contributed by atoms with Gasteiger partial charge in [0.15, 0.2) is 6.10 Å². The van der Waals surface area contributed by atoms with Gasteiger partial charge in [0.1, 0.15) is 5.00 Å². The van der Waals surface area contributed by atoms with Gasteiger partial charge in [-0.15, -0.1) is 11.3 Å². The molecule has 2 amide bonds. The maximum absolute atomic E-state index is 12.6. The Kier molecular flexibility index (Phi) is 7.59. The topological polar surface area (TPSA) is 84.5 Å². The second-order valence-corrected chi connectivity index (χ2v) is 8.09. The molecular weight excluding hydrogens is 364 g/mol. The van der Waals surface area contributed by atoms with Gasteiger partial charge in [-0.3, -0.25) is 9.59 Å². The van der Waals surface area contributed by atoms with E-state index in [1.807, 2.05) is 6.92 Å². The number of aryl methyl sites for hydroxylation is 1. The number of carbonyl (C=O) groups is 3. The Hall–Kier alpha value is -2.15. The highest BCUT2D eigenvalue weighted by Crippen LogP contribution is 2.33. The molecule has 148 valence electrons. The molecule has 1 aliphatic rings. The molecule has 0 saturated heterocycles. The van der Waals surface area contributed by atoms with Crippen molar-refractivity contribution in [3.8, 4) is 0 Å². The van der Waals surface area contributed by atoms with E-state index in [0.717, 1.165) is 29.7 Å². The van der Waals surface area contributed by atoms with Crippen LogP contribution in [0, 0.1) is 13.8 Å². The van der Waals surface area contributed by atoms with Crippen LogP contribution in [0.5, 0.6) is 0 Å². The molecule has 0 saturated carbocycles. The van der Waals surface area contributed by atoms with E-state index in [2.05, 4.69) is 16.7 Å². The SMILES string of the molecule is CC(=O)Nc1sc(C)c(C)c1C(=O)O[C@H](C)C(=O)NCCC1=CCCCC1. The van der Waals surface area contributed by atoms with Crippen LogP contribution in [0.25, 0.3) is 0 Å². The van der Waals surface area contributed by atoms with Crippen LogP contribution in [-0.4, -0.2) is 30.4 Å². The number of hydrogen-bond acceptors (Lipinski definition) is 5. The summed E-state index contributed by atoms with van der Waals surface area (Å²) in [5.74, 6) is -1.17. The Morgan fingerprint density at radius 1 is 1.26 bits per heavy atom. The molecule has 2 rings (SSSR count). The van der Waals surface area contributed by atoms with E-state index < -0.39 is 12.1 Å². The van der Waals surface area contributed by atoms with Crippen LogP contribution in [0.4, 0.5) is 5.00 Å². The first-order valence-electron chi connectivity index (χ1n) is 9.33. The number of rotatable bonds is 7. The van der Waals surface area contributed by atoms with Gasteiger partial charge in [0.2, 0.25) is 5.91 Å². The van der Waals surface area contributed by atoms with E-state index in [1.165, 1.54) is 36.7 Å². The molecule has 1 aromatic heterocycles. The van der Waals surface area contributed by atoms with Crippen LogP contribution >= 0.6 is 11.3 Å². The summed E-state index contributed by atoms with van der Waals surface area (Å²) in [6.45, 7) is 7.16. The number of carbonyl (C=O) groups excluding carboxylic acids is 3. The van der Waals surface area contributed by atoms with Gasteiger partial charge in [0, 0.05) is 18.3 Å². The first kappa shape index (κ1) is 21.2. The second-order valence-electron chi connectivity index (χ2n) is 6.87. The summed E-state index contributed by atoms with van der Waals surface area (Å²) in [5.41, 5.74) is 2.46. The first-order chi connectivity index (χ1) is 12.8. The highest BCUT2D eigenvalue weighted by molar-refractivity contribution is 7.16. The van der Waals surface area contributed by atoms with Crippen LogP contribution in [0.1, 0.15) is 66.8 Å². The highest BCUT2D eigenvalue weighted by atomic mass is 32.1. The zero-order valence-corrected chi connectivity index (χ0v) is 17.3. The summed E-state index contributed by atoms with van der Waals surface area (Å²) < 4.78 is 5.35. The third kappa shape index (κ3) is 5.92. The van der Waals surface area contributed by atoms with E-state index >= 15 is 0 Å². The highest BCUT2D eigenvalue weighted by Gasteiger charge is 2.25. The normalized spacial score (nSPS) is 14.9. The van der Waals surface area contributed by atoms with Crippen LogP contribution < -0.4 is 10.6 Å². The van der Waals surface area contributed by atoms with E-state index in [9.17, 15) is 14.4 Å². The standard InChI is InChI=1S/C20H28N2O4S/c1-12-14(3)27-19(22-15(4)23)17(12)20(25)26-13(2)18(24)21-11-10-16-8-6-5-7-9-16/h8,13H,5-7,9-11H2,1-4H3,(H,21,24)(H,22,23)/t13-/m1/s1. The fraction of sp³-hybridized carbons (Fsp3) is 0.550. The van der Waals surface area contributed by atoms with Gasteiger partial charge in [-0.05, 0) is 58.4 Å². The largest absolute Gasteiger partial charge is 0.449 e. The molecule has 0 fully saturated rings. The third-order valence-electron chi connectivity index (χ3n) is 4.66. The van der Waals surface area contributed by atoms with Gasteiger partial charge < -0.3 is 15.4 Å². The van der Waals surface area contributed by atoms with E-state index in [4.69, 9.17) is 4.74 Å². The minimum absolute atomic E-state index is 0.256. The number of esters is 1. The van der Waals surface area contributed by atoms with E-state index in [-0.39, 0.29) is 11.8 Å². The lowest BCUT2D eigenvalue weighted by Crippen LogP contribution is -2.36. The number of amides is 2. The molecule has 27 heavy (non-hydrogen) atoms. The Bertz CT molecular complexity index is 751. The average molecular weight is 393 g/mol. The third-order valence-corrected chi connectivity index (χ3v) is 5.79. The van der Waals surface area contributed by atoms with Crippen LogP contribution in [0.3, 0.4) is 0 Å². The molecular formula is C20H28N2O4S. The summed E-state index contributed by atoms with van der Waals surface area (Å²) in [7, 11) is 0. The van der Waals surface area contributed by atoms with Crippen molar-refractivity contribution in [2.24, 2.45) is 0 Å². The zero-order chi connectivity index (χ0) is 20.0. The maximum atomic E-state index is 12.6. The van der Waals surface area contributed by atoms with E-state index in [0.29, 0.717) is 17.1 Å². The molecule has 0 aliphatic heterocycles. The lowest BCUT2D eigenvalue weighted by Gasteiger charge is -2.16. The minimum atomic E-state index is -0.900. The lowest BCUT2D eigenvalue weighted by atomic mass is 9.97. The first-order valence-corrected chi connectivity index (χ1v) is 10.2. The van der Waals surface area contributed by atoms with Crippen molar-refractivity contribution in [1.82, 2.24) is 5.32 Å². The van der Waals surface area contributed by atoms with Gasteiger partial charge >= 0.3 is 5.97 Å². The molecule has 0 spiro atoms. The minimum Gasteiger partial charge on any atom is -0.449 e. The van der Waals surface area contributed by atoms with Crippen molar-refractivity contribution in [3.63, 3.8) is 0 Å². The maximum Gasteiger partial charge on any atom is 0.342 e. The quantitative estimate of drug-likeness (QED) is 0.545. The van der Waals surface area contributed by atoms with Crippen molar-refractivity contribution >= 4 is 34.1 Å². The molecule has 0 radical (unpaired) electrons. The molecule has 0 aromatic carbocycles. The van der Waals surface area contributed by atoms with Crippen LogP contribution in [0.2, 0.25) is 0 Å². The Morgan fingerprint density at radius 3 is 2.63 bits per heavy atom. The van der Waals surface area contributed by atoms with Gasteiger partial charge in [-0.2, -0.15) is 0 Å². The summed E-state index contributed by atoms with van der Waals surface area (Å²) in [6.07, 6.45) is 6.86. The number of anilines is 1. The molecule has 6 nitrogen and oxygen atoms in total. The predicted molar refractivity (Wildman–Crippen MR) is 107 cm³/mol. The molecule has 7 heteroatoms. The van der Waals surface area contributed by atoms with E-state index in [1.54, 1.807) is 13.8 Å². The van der Waals surface area contributed by atoms with Gasteiger partial charge in [-0.25, -0.2) is 4.79 Å². The number of ether oxygens (including phenoxy) is 1. The molecule has 1 aromatic rings. The van der Waals surface area contributed by atoms with Crippen molar-refractivity contribution in [2.45, 2.75) is 65.9 Å². The monoisotopic (exact) mass is 392 g/mol. The Labute approximate surface area is 164 Å².